The number of ether oxygens (including phenoxy) is 2. The standard InChI is InChI=1S/C17H22N4O3S2/c1-11-8-21(9-12(2)24-11)15(22)10-25-17-20-19-16(26-17)18-13-6-4-5-7-14(13)23-3/h4-7,11-12H,8-10H2,1-3H3,(H,18,19)/t11-,12-/m0/s1. The minimum atomic E-state index is 0.0749. The predicted molar refractivity (Wildman–Crippen MR) is 103 cm³/mol. The number of nitrogens with zero attached hydrogens (tertiary/aromatic N) is 3. The van der Waals surface area contributed by atoms with E-state index in [0.29, 0.717) is 24.0 Å². The Labute approximate surface area is 161 Å². The smallest absolute Gasteiger partial charge is 0.233 e. The fourth-order valence-electron chi connectivity index (χ4n) is 2.78. The van der Waals surface area contributed by atoms with Gasteiger partial charge in [-0.1, -0.05) is 35.2 Å². The summed E-state index contributed by atoms with van der Waals surface area (Å²) in [4.78, 5) is 14.3. The van der Waals surface area contributed by atoms with Crippen LogP contribution in [0.4, 0.5) is 10.8 Å². The lowest BCUT2D eigenvalue weighted by molar-refractivity contribution is -0.140. The summed E-state index contributed by atoms with van der Waals surface area (Å²) in [5.41, 5.74) is 0.829. The average Bonchev–Trinajstić information content (AvgIpc) is 3.06. The number of morpholine rings is 1. The van der Waals surface area contributed by atoms with E-state index in [9.17, 15) is 4.79 Å². The fourth-order valence-corrected chi connectivity index (χ4v) is 4.45. The van der Waals surface area contributed by atoms with Crippen molar-refractivity contribution in [2.75, 3.05) is 31.3 Å². The summed E-state index contributed by atoms with van der Waals surface area (Å²) in [6.45, 7) is 5.26. The first-order valence-electron chi connectivity index (χ1n) is 8.34. The maximum Gasteiger partial charge on any atom is 0.233 e. The van der Waals surface area contributed by atoms with Gasteiger partial charge in [-0.15, -0.1) is 10.2 Å². The van der Waals surface area contributed by atoms with Gasteiger partial charge in [0, 0.05) is 13.1 Å². The number of hydrogen-bond donors (Lipinski definition) is 1. The molecule has 0 radical (unpaired) electrons. The lowest BCUT2D eigenvalue weighted by atomic mass is 10.2. The molecule has 1 amide bonds. The third kappa shape index (κ3) is 4.87. The van der Waals surface area contributed by atoms with Crippen molar-refractivity contribution in [1.82, 2.24) is 15.1 Å². The number of hydrogen-bond acceptors (Lipinski definition) is 8. The molecule has 2 atom stereocenters. The van der Waals surface area contributed by atoms with Crippen LogP contribution in [-0.4, -0.2) is 59.2 Å². The maximum atomic E-state index is 12.4. The van der Waals surface area contributed by atoms with Gasteiger partial charge in [0.2, 0.25) is 11.0 Å². The largest absolute Gasteiger partial charge is 0.495 e. The summed E-state index contributed by atoms with van der Waals surface area (Å²) in [6, 6.07) is 7.62. The van der Waals surface area contributed by atoms with Gasteiger partial charge < -0.3 is 19.7 Å². The molecule has 1 aromatic heterocycles. The monoisotopic (exact) mass is 394 g/mol. The molecule has 1 N–H and O–H groups in total. The second-order valence-corrected chi connectivity index (χ2v) is 8.24. The quantitative estimate of drug-likeness (QED) is 0.755. The van der Waals surface area contributed by atoms with Crippen LogP contribution in [0.2, 0.25) is 0 Å². The molecule has 1 fully saturated rings. The van der Waals surface area contributed by atoms with Crippen LogP contribution in [0.15, 0.2) is 28.6 Å². The molecule has 1 aliphatic heterocycles. The van der Waals surface area contributed by atoms with E-state index in [1.165, 1.54) is 23.1 Å². The van der Waals surface area contributed by atoms with E-state index < -0.39 is 0 Å². The third-order valence-corrected chi connectivity index (χ3v) is 5.80. The Kier molecular flexibility index (Phi) is 6.33. The van der Waals surface area contributed by atoms with Crippen molar-refractivity contribution in [2.24, 2.45) is 0 Å². The van der Waals surface area contributed by atoms with Gasteiger partial charge in [0.15, 0.2) is 4.34 Å². The fraction of sp³-hybridized carbons (Fsp3) is 0.471. The molecule has 3 rings (SSSR count). The molecule has 1 saturated heterocycles. The molecule has 0 aliphatic carbocycles. The summed E-state index contributed by atoms with van der Waals surface area (Å²) >= 11 is 2.82. The van der Waals surface area contributed by atoms with Gasteiger partial charge >= 0.3 is 0 Å². The minimum Gasteiger partial charge on any atom is -0.495 e. The van der Waals surface area contributed by atoms with E-state index in [4.69, 9.17) is 9.47 Å². The Hall–Kier alpha value is -1.84. The molecule has 0 unspecified atom stereocenters. The van der Waals surface area contributed by atoms with Crippen molar-refractivity contribution in [3.63, 3.8) is 0 Å². The number of carbonyl (C=O) groups is 1. The van der Waals surface area contributed by atoms with Crippen molar-refractivity contribution in [2.45, 2.75) is 30.4 Å². The summed E-state index contributed by atoms with van der Waals surface area (Å²) in [5.74, 6) is 1.19. The molecule has 0 bridgehead atoms. The number of aromatic nitrogens is 2. The Bertz CT molecular complexity index is 745. The predicted octanol–water partition coefficient (Wildman–Crippen LogP) is 3.02. The molecule has 7 nitrogen and oxygen atoms in total. The molecule has 140 valence electrons. The Balaban J connectivity index is 1.54. The zero-order valence-corrected chi connectivity index (χ0v) is 16.6. The Morgan fingerprint density at radius 1 is 1.35 bits per heavy atom. The number of nitrogens with one attached hydrogen (secondary N) is 1. The molecule has 2 aromatic rings. The Morgan fingerprint density at radius 3 is 2.81 bits per heavy atom. The van der Waals surface area contributed by atoms with Gasteiger partial charge in [-0.25, -0.2) is 0 Å². The molecule has 2 heterocycles. The second-order valence-electron chi connectivity index (χ2n) is 6.04. The van der Waals surface area contributed by atoms with Gasteiger partial charge in [0.05, 0.1) is 30.8 Å². The first-order chi connectivity index (χ1) is 12.5. The van der Waals surface area contributed by atoms with E-state index in [-0.39, 0.29) is 18.1 Å². The molecule has 0 spiro atoms. The highest BCUT2D eigenvalue weighted by Crippen LogP contribution is 2.31. The van der Waals surface area contributed by atoms with Crippen LogP contribution in [-0.2, 0) is 9.53 Å². The number of rotatable bonds is 6. The summed E-state index contributed by atoms with van der Waals surface area (Å²) in [7, 11) is 1.63. The average molecular weight is 395 g/mol. The molecular formula is C17H22N4O3S2. The third-order valence-electron chi connectivity index (χ3n) is 3.85. The number of benzene rings is 1. The highest BCUT2D eigenvalue weighted by molar-refractivity contribution is 8.01. The normalized spacial score (nSPS) is 20.0. The highest BCUT2D eigenvalue weighted by Gasteiger charge is 2.26. The summed E-state index contributed by atoms with van der Waals surface area (Å²) in [6.07, 6.45) is 0.150. The van der Waals surface area contributed by atoms with E-state index in [0.717, 1.165) is 15.8 Å². The number of thioether (sulfide) groups is 1. The highest BCUT2D eigenvalue weighted by atomic mass is 32.2. The maximum absolute atomic E-state index is 12.4. The molecular weight excluding hydrogens is 372 g/mol. The summed E-state index contributed by atoms with van der Waals surface area (Å²) in [5, 5.41) is 12.2. The van der Waals surface area contributed by atoms with Gasteiger partial charge in [0.1, 0.15) is 5.75 Å². The van der Waals surface area contributed by atoms with Crippen LogP contribution in [0.25, 0.3) is 0 Å². The van der Waals surface area contributed by atoms with E-state index in [1.54, 1.807) is 7.11 Å². The van der Waals surface area contributed by atoms with E-state index in [2.05, 4.69) is 15.5 Å². The van der Waals surface area contributed by atoms with E-state index >= 15 is 0 Å². The lowest BCUT2D eigenvalue weighted by Gasteiger charge is -2.35. The van der Waals surface area contributed by atoms with Crippen LogP contribution in [0.5, 0.6) is 5.75 Å². The molecule has 1 aromatic carbocycles. The van der Waals surface area contributed by atoms with Gasteiger partial charge in [-0.2, -0.15) is 0 Å². The second kappa shape index (κ2) is 8.70. The molecule has 9 heteroatoms. The first kappa shape index (κ1) is 18.9. The topological polar surface area (TPSA) is 76.6 Å². The number of carbonyl (C=O) groups excluding carboxylic acids is 1. The lowest BCUT2D eigenvalue weighted by Crippen LogP contribution is -2.48. The van der Waals surface area contributed by atoms with Gasteiger partial charge in [-0.3, -0.25) is 4.79 Å². The zero-order valence-electron chi connectivity index (χ0n) is 15.0. The van der Waals surface area contributed by atoms with Crippen LogP contribution in [0.3, 0.4) is 0 Å². The molecule has 0 saturated carbocycles. The van der Waals surface area contributed by atoms with Gasteiger partial charge in [-0.05, 0) is 26.0 Å². The first-order valence-corrected chi connectivity index (χ1v) is 10.1. The van der Waals surface area contributed by atoms with Gasteiger partial charge in [0.25, 0.3) is 0 Å². The SMILES string of the molecule is COc1ccccc1Nc1nnc(SCC(=O)N2C[C@H](C)O[C@@H](C)C2)s1. The van der Waals surface area contributed by atoms with Crippen molar-refractivity contribution >= 4 is 39.8 Å². The zero-order chi connectivity index (χ0) is 18.5. The molecule has 26 heavy (non-hydrogen) atoms. The van der Waals surface area contributed by atoms with Crippen molar-refractivity contribution in [3.8, 4) is 5.75 Å². The molecule has 1 aliphatic rings. The van der Waals surface area contributed by atoms with Crippen molar-refractivity contribution in [1.29, 1.82) is 0 Å². The number of para-hydroxylation sites is 2. The minimum absolute atomic E-state index is 0.0749. The van der Waals surface area contributed by atoms with Crippen LogP contribution >= 0.6 is 23.1 Å². The van der Waals surface area contributed by atoms with Crippen LogP contribution in [0.1, 0.15) is 13.8 Å². The van der Waals surface area contributed by atoms with Crippen LogP contribution in [0, 0.1) is 0 Å². The van der Waals surface area contributed by atoms with Crippen molar-refractivity contribution in [3.05, 3.63) is 24.3 Å². The van der Waals surface area contributed by atoms with E-state index in [1.807, 2.05) is 43.0 Å². The number of anilines is 2. The van der Waals surface area contributed by atoms with Crippen LogP contribution < -0.4 is 10.1 Å². The van der Waals surface area contributed by atoms with Crippen molar-refractivity contribution < 1.29 is 14.3 Å². The number of amides is 1. The number of methoxy groups -OCH3 is 1. The summed E-state index contributed by atoms with van der Waals surface area (Å²) < 4.78 is 11.7. The Morgan fingerprint density at radius 2 is 2.08 bits per heavy atom.